The molecule has 5 nitrogen and oxygen atoms in total. The summed E-state index contributed by atoms with van der Waals surface area (Å²) in [6.45, 7) is 1.03. The Kier molecular flexibility index (Phi) is 3.97. The summed E-state index contributed by atoms with van der Waals surface area (Å²) in [4.78, 5) is 4.50. The topological polar surface area (TPSA) is 60.2 Å². The molecule has 20 heavy (non-hydrogen) atoms. The molecule has 2 aromatic rings. The van der Waals surface area contributed by atoms with Crippen LogP contribution < -0.4 is 10.1 Å². The number of rotatable bonds is 4. The highest BCUT2D eigenvalue weighted by Crippen LogP contribution is 2.21. The molecule has 0 saturated carbocycles. The molecule has 0 aliphatic carbocycles. The van der Waals surface area contributed by atoms with E-state index >= 15 is 0 Å². The summed E-state index contributed by atoms with van der Waals surface area (Å²) in [5.41, 5.74) is 1.14. The van der Waals surface area contributed by atoms with Crippen LogP contribution in [0.3, 0.4) is 0 Å². The van der Waals surface area contributed by atoms with Crippen molar-refractivity contribution in [1.82, 2.24) is 15.5 Å². The lowest BCUT2D eigenvalue weighted by atomic mass is 10.0. The smallest absolute Gasteiger partial charge is 0.231 e. The van der Waals surface area contributed by atoms with E-state index in [0.29, 0.717) is 12.3 Å². The maximum absolute atomic E-state index is 5.35. The first-order chi connectivity index (χ1) is 9.85. The molecule has 3 rings (SSSR count). The molecule has 1 unspecified atom stereocenters. The van der Waals surface area contributed by atoms with Crippen LogP contribution in [-0.4, -0.2) is 23.8 Å². The Hall–Kier alpha value is -1.88. The first kappa shape index (κ1) is 13.1. The zero-order chi connectivity index (χ0) is 13.8. The van der Waals surface area contributed by atoms with Gasteiger partial charge in [-0.05, 0) is 37.1 Å². The van der Waals surface area contributed by atoms with Crippen molar-refractivity contribution in [3.63, 3.8) is 0 Å². The van der Waals surface area contributed by atoms with Gasteiger partial charge in [-0.1, -0.05) is 23.7 Å². The first-order valence-electron chi connectivity index (χ1n) is 7.04. The molecule has 5 heteroatoms. The van der Waals surface area contributed by atoms with E-state index in [0.717, 1.165) is 30.1 Å². The lowest BCUT2D eigenvalue weighted by Gasteiger charge is -2.19. The molecule has 1 atom stereocenters. The van der Waals surface area contributed by atoms with Gasteiger partial charge in [-0.15, -0.1) is 0 Å². The van der Waals surface area contributed by atoms with Gasteiger partial charge in [-0.25, -0.2) is 0 Å². The molecule has 0 radical (unpaired) electrons. The number of benzene rings is 1. The number of hydrogen-bond acceptors (Lipinski definition) is 5. The average Bonchev–Trinajstić information content (AvgIpc) is 2.97. The molecule has 1 aliphatic heterocycles. The summed E-state index contributed by atoms with van der Waals surface area (Å²) in [5, 5.41) is 7.52. The van der Waals surface area contributed by atoms with E-state index in [9.17, 15) is 0 Å². The molecule has 2 heterocycles. The number of nitrogens with one attached hydrogen (secondary N) is 1. The molecule has 1 aliphatic rings. The third-order valence-electron chi connectivity index (χ3n) is 3.62. The van der Waals surface area contributed by atoms with Crippen molar-refractivity contribution in [1.29, 1.82) is 0 Å². The van der Waals surface area contributed by atoms with E-state index in [1.165, 1.54) is 12.8 Å². The molecule has 0 spiro atoms. The summed E-state index contributed by atoms with van der Waals surface area (Å²) in [5.74, 6) is 2.30. The van der Waals surface area contributed by atoms with Crippen LogP contribution in [0.4, 0.5) is 0 Å². The Balaban J connectivity index is 1.66. The van der Waals surface area contributed by atoms with Crippen molar-refractivity contribution >= 4 is 0 Å². The number of aromatic nitrogens is 2. The fourth-order valence-corrected chi connectivity index (χ4v) is 2.47. The monoisotopic (exact) mass is 273 g/mol. The van der Waals surface area contributed by atoms with Crippen molar-refractivity contribution in [3.05, 3.63) is 41.5 Å². The van der Waals surface area contributed by atoms with Gasteiger partial charge >= 0.3 is 0 Å². The van der Waals surface area contributed by atoms with Crippen LogP contribution in [0.15, 0.2) is 28.8 Å². The quantitative estimate of drug-likeness (QED) is 0.927. The van der Waals surface area contributed by atoms with Crippen molar-refractivity contribution in [2.75, 3.05) is 13.7 Å². The predicted molar refractivity (Wildman–Crippen MR) is 74.7 cm³/mol. The van der Waals surface area contributed by atoms with Crippen LogP contribution in [0.2, 0.25) is 0 Å². The molecular formula is C15H19N3O2. The van der Waals surface area contributed by atoms with Crippen LogP contribution in [0.25, 0.3) is 0 Å². The second-order valence-corrected chi connectivity index (χ2v) is 5.07. The highest BCUT2D eigenvalue weighted by atomic mass is 16.5. The van der Waals surface area contributed by atoms with Gasteiger partial charge in [0, 0.05) is 0 Å². The minimum Gasteiger partial charge on any atom is -0.497 e. The summed E-state index contributed by atoms with van der Waals surface area (Å²) in [6.07, 6.45) is 4.19. The minimum atomic E-state index is 0.247. The van der Waals surface area contributed by atoms with Gasteiger partial charge < -0.3 is 14.6 Å². The molecule has 1 aromatic carbocycles. The zero-order valence-electron chi connectivity index (χ0n) is 11.6. The van der Waals surface area contributed by atoms with Crippen LogP contribution in [0.5, 0.6) is 5.75 Å². The molecule has 1 aromatic heterocycles. The Morgan fingerprint density at radius 1 is 1.30 bits per heavy atom. The Morgan fingerprint density at radius 3 is 2.85 bits per heavy atom. The van der Waals surface area contributed by atoms with Gasteiger partial charge in [-0.3, -0.25) is 0 Å². The van der Waals surface area contributed by atoms with Gasteiger partial charge in [-0.2, -0.15) is 4.98 Å². The number of methoxy groups -OCH3 is 1. The highest BCUT2D eigenvalue weighted by molar-refractivity contribution is 5.28. The summed E-state index contributed by atoms with van der Waals surface area (Å²) in [6, 6.07) is 8.16. The maximum Gasteiger partial charge on any atom is 0.231 e. The van der Waals surface area contributed by atoms with Crippen LogP contribution in [0, 0.1) is 0 Å². The van der Waals surface area contributed by atoms with E-state index < -0.39 is 0 Å². The minimum absolute atomic E-state index is 0.247. The van der Waals surface area contributed by atoms with Gasteiger partial charge in [0.1, 0.15) is 5.75 Å². The molecule has 106 valence electrons. The van der Waals surface area contributed by atoms with Crippen molar-refractivity contribution in [2.45, 2.75) is 31.7 Å². The SMILES string of the molecule is COc1ccc(Cc2nc(C3CCCCN3)no2)cc1. The lowest BCUT2D eigenvalue weighted by Crippen LogP contribution is -2.27. The Labute approximate surface area is 118 Å². The molecular weight excluding hydrogens is 254 g/mol. The van der Waals surface area contributed by atoms with E-state index in [-0.39, 0.29) is 6.04 Å². The highest BCUT2D eigenvalue weighted by Gasteiger charge is 2.20. The van der Waals surface area contributed by atoms with Crippen molar-refractivity contribution in [3.8, 4) is 5.75 Å². The largest absolute Gasteiger partial charge is 0.497 e. The van der Waals surface area contributed by atoms with Gasteiger partial charge in [0.05, 0.1) is 19.6 Å². The summed E-state index contributed by atoms with van der Waals surface area (Å²) >= 11 is 0. The number of nitrogens with zero attached hydrogens (tertiary/aromatic N) is 2. The van der Waals surface area contributed by atoms with Gasteiger partial charge in [0.15, 0.2) is 5.82 Å². The average molecular weight is 273 g/mol. The van der Waals surface area contributed by atoms with E-state index in [2.05, 4.69) is 15.5 Å². The standard InChI is InChI=1S/C15H19N3O2/c1-19-12-7-5-11(6-8-12)10-14-17-15(18-20-14)13-4-2-3-9-16-13/h5-8,13,16H,2-4,9-10H2,1H3. The Bertz CT molecular complexity index is 545. The fraction of sp³-hybridized carbons (Fsp3) is 0.467. The molecule has 1 fully saturated rings. The second-order valence-electron chi connectivity index (χ2n) is 5.07. The number of ether oxygens (including phenoxy) is 1. The molecule has 0 amide bonds. The van der Waals surface area contributed by atoms with Crippen molar-refractivity contribution in [2.24, 2.45) is 0 Å². The number of piperidine rings is 1. The molecule has 1 saturated heterocycles. The van der Waals surface area contributed by atoms with E-state index in [4.69, 9.17) is 9.26 Å². The normalized spacial score (nSPS) is 18.9. The molecule has 1 N–H and O–H groups in total. The molecule has 0 bridgehead atoms. The van der Waals surface area contributed by atoms with Gasteiger partial charge in [0.2, 0.25) is 5.89 Å². The zero-order valence-corrected chi connectivity index (χ0v) is 11.6. The van der Waals surface area contributed by atoms with Crippen LogP contribution in [-0.2, 0) is 6.42 Å². The van der Waals surface area contributed by atoms with Crippen LogP contribution in [0.1, 0.15) is 42.6 Å². The number of hydrogen-bond donors (Lipinski definition) is 1. The predicted octanol–water partition coefficient (Wildman–Crippen LogP) is 2.48. The second kappa shape index (κ2) is 6.05. The Morgan fingerprint density at radius 2 is 2.15 bits per heavy atom. The fourth-order valence-electron chi connectivity index (χ4n) is 2.47. The van der Waals surface area contributed by atoms with Gasteiger partial charge in [0.25, 0.3) is 0 Å². The summed E-state index contributed by atoms with van der Waals surface area (Å²) < 4.78 is 10.5. The van der Waals surface area contributed by atoms with E-state index in [1.807, 2.05) is 24.3 Å². The van der Waals surface area contributed by atoms with Crippen LogP contribution >= 0.6 is 0 Å². The van der Waals surface area contributed by atoms with Crippen molar-refractivity contribution < 1.29 is 9.26 Å². The maximum atomic E-state index is 5.35. The van der Waals surface area contributed by atoms with E-state index in [1.54, 1.807) is 7.11 Å². The lowest BCUT2D eigenvalue weighted by molar-refractivity contribution is 0.351. The first-order valence-corrected chi connectivity index (χ1v) is 7.04. The summed E-state index contributed by atoms with van der Waals surface area (Å²) in [7, 11) is 1.66. The third-order valence-corrected chi connectivity index (χ3v) is 3.62. The third kappa shape index (κ3) is 2.99.